The van der Waals surface area contributed by atoms with Gasteiger partial charge in [0.25, 0.3) is 0 Å². The smallest absolute Gasteiger partial charge is 0.407 e. The summed E-state index contributed by atoms with van der Waals surface area (Å²) >= 11 is 0. The van der Waals surface area contributed by atoms with Gasteiger partial charge in [-0.3, -0.25) is 0 Å². The summed E-state index contributed by atoms with van der Waals surface area (Å²) in [6.07, 6.45) is 5.09. The highest BCUT2D eigenvalue weighted by molar-refractivity contribution is 5.68. The molecule has 1 aliphatic carbocycles. The van der Waals surface area contributed by atoms with E-state index >= 15 is 0 Å². The van der Waals surface area contributed by atoms with Gasteiger partial charge in [-0.15, -0.1) is 0 Å². The normalized spacial score (nSPS) is 23.8. The Morgan fingerprint density at radius 1 is 1.16 bits per heavy atom. The number of ether oxygens (including phenoxy) is 3. The van der Waals surface area contributed by atoms with Crippen molar-refractivity contribution in [3.8, 4) is 0 Å². The number of hydrogen-bond donors (Lipinski definition) is 2. The van der Waals surface area contributed by atoms with Crippen LogP contribution >= 0.6 is 0 Å². The number of alkyl carbamates (subject to hydrolysis) is 1. The van der Waals surface area contributed by atoms with Crippen LogP contribution in [0.3, 0.4) is 0 Å². The Bertz CT molecular complexity index is 376. The first-order valence-electron chi connectivity index (χ1n) is 9.58. The molecule has 25 heavy (non-hydrogen) atoms. The molecule has 1 saturated carbocycles. The van der Waals surface area contributed by atoms with E-state index in [-0.39, 0.29) is 18.2 Å². The molecule has 0 saturated heterocycles. The molecule has 2 unspecified atom stereocenters. The van der Waals surface area contributed by atoms with Crippen LogP contribution < -0.4 is 10.6 Å². The maximum atomic E-state index is 11.8. The van der Waals surface area contributed by atoms with E-state index in [0.29, 0.717) is 12.1 Å². The third-order valence-electron chi connectivity index (χ3n) is 4.61. The van der Waals surface area contributed by atoms with Gasteiger partial charge in [0.15, 0.2) is 0 Å². The highest BCUT2D eigenvalue weighted by Gasteiger charge is 2.25. The van der Waals surface area contributed by atoms with Crippen LogP contribution in [0.1, 0.15) is 66.7 Å². The van der Waals surface area contributed by atoms with E-state index in [9.17, 15) is 4.79 Å². The van der Waals surface area contributed by atoms with Gasteiger partial charge in [-0.1, -0.05) is 0 Å². The van der Waals surface area contributed by atoms with Crippen LogP contribution in [-0.4, -0.2) is 56.2 Å². The third-order valence-corrected chi connectivity index (χ3v) is 4.61. The van der Waals surface area contributed by atoms with Crippen LogP contribution in [0, 0.1) is 0 Å². The summed E-state index contributed by atoms with van der Waals surface area (Å²) < 4.78 is 16.6. The van der Waals surface area contributed by atoms with Crippen LogP contribution in [-0.2, 0) is 14.2 Å². The van der Waals surface area contributed by atoms with Crippen LogP contribution in [0.5, 0.6) is 0 Å². The fraction of sp³-hybridized carbons (Fsp3) is 0.947. The second-order valence-electron chi connectivity index (χ2n) is 8.03. The van der Waals surface area contributed by atoms with Gasteiger partial charge in [0.1, 0.15) is 5.60 Å². The van der Waals surface area contributed by atoms with Crippen molar-refractivity contribution in [1.82, 2.24) is 10.6 Å². The molecular formula is C19H38N2O4. The fourth-order valence-electron chi connectivity index (χ4n) is 2.87. The van der Waals surface area contributed by atoms with E-state index in [2.05, 4.69) is 24.5 Å². The molecule has 0 bridgehead atoms. The summed E-state index contributed by atoms with van der Waals surface area (Å²) in [4.78, 5) is 11.8. The number of methoxy groups -OCH3 is 1. The van der Waals surface area contributed by atoms with Crippen molar-refractivity contribution >= 4 is 6.09 Å². The molecule has 0 aliphatic heterocycles. The van der Waals surface area contributed by atoms with Crippen molar-refractivity contribution in [3.63, 3.8) is 0 Å². The summed E-state index contributed by atoms with van der Waals surface area (Å²) in [5.41, 5.74) is -0.447. The molecule has 6 heteroatoms. The zero-order valence-corrected chi connectivity index (χ0v) is 16.9. The van der Waals surface area contributed by atoms with Crippen LogP contribution in [0.15, 0.2) is 0 Å². The van der Waals surface area contributed by atoms with Crippen molar-refractivity contribution in [2.45, 2.75) is 96.6 Å². The van der Waals surface area contributed by atoms with Crippen molar-refractivity contribution in [2.24, 2.45) is 0 Å². The van der Waals surface area contributed by atoms with Gasteiger partial charge in [0.2, 0.25) is 0 Å². The molecule has 0 spiro atoms. The summed E-state index contributed by atoms with van der Waals surface area (Å²) in [6, 6.07) is 0.548. The molecule has 1 amide bonds. The number of rotatable bonds is 9. The summed E-state index contributed by atoms with van der Waals surface area (Å²) in [5.74, 6) is 0. The Morgan fingerprint density at radius 2 is 1.80 bits per heavy atom. The molecule has 2 N–H and O–H groups in total. The average molecular weight is 359 g/mol. The molecule has 1 rings (SSSR count). The number of carbonyl (C=O) groups excluding carboxylic acids is 1. The van der Waals surface area contributed by atoms with E-state index in [4.69, 9.17) is 14.2 Å². The molecule has 2 atom stereocenters. The Kier molecular flexibility index (Phi) is 9.75. The molecule has 0 radical (unpaired) electrons. The largest absolute Gasteiger partial charge is 0.444 e. The van der Waals surface area contributed by atoms with Gasteiger partial charge in [-0.2, -0.15) is 0 Å². The second-order valence-corrected chi connectivity index (χ2v) is 8.03. The molecular weight excluding hydrogens is 320 g/mol. The van der Waals surface area contributed by atoms with Crippen LogP contribution in [0.4, 0.5) is 4.79 Å². The highest BCUT2D eigenvalue weighted by atomic mass is 16.6. The first-order valence-corrected chi connectivity index (χ1v) is 9.58. The molecule has 1 fully saturated rings. The SMILES string of the molecule is COC(C)C(C)NCCCOC1CCC(NC(=O)OC(C)(C)C)CC1. The van der Waals surface area contributed by atoms with Gasteiger partial charge in [0, 0.05) is 25.8 Å². The number of hydrogen-bond acceptors (Lipinski definition) is 5. The Morgan fingerprint density at radius 3 is 2.36 bits per heavy atom. The average Bonchev–Trinajstić information content (AvgIpc) is 2.53. The highest BCUT2D eigenvalue weighted by Crippen LogP contribution is 2.21. The Labute approximate surface area is 153 Å². The predicted octanol–water partition coefficient (Wildman–Crippen LogP) is 3.24. The number of amides is 1. The lowest BCUT2D eigenvalue weighted by molar-refractivity contribution is 0.0163. The third kappa shape index (κ3) is 10.0. The maximum Gasteiger partial charge on any atom is 0.407 e. The fourth-order valence-corrected chi connectivity index (χ4v) is 2.87. The topological polar surface area (TPSA) is 68.8 Å². The van der Waals surface area contributed by atoms with E-state index in [0.717, 1.165) is 45.3 Å². The van der Waals surface area contributed by atoms with Crippen molar-refractivity contribution in [2.75, 3.05) is 20.3 Å². The van der Waals surface area contributed by atoms with E-state index in [1.165, 1.54) is 0 Å². The zero-order valence-electron chi connectivity index (χ0n) is 16.9. The Hall–Kier alpha value is -0.850. The quantitative estimate of drug-likeness (QED) is 0.619. The van der Waals surface area contributed by atoms with Gasteiger partial charge in [-0.05, 0) is 73.3 Å². The van der Waals surface area contributed by atoms with Gasteiger partial charge < -0.3 is 24.8 Å². The Balaban J connectivity index is 2.08. The van der Waals surface area contributed by atoms with Crippen molar-refractivity contribution in [3.05, 3.63) is 0 Å². The minimum atomic E-state index is -0.447. The predicted molar refractivity (Wildman–Crippen MR) is 99.9 cm³/mol. The molecule has 0 aromatic carbocycles. The minimum Gasteiger partial charge on any atom is -0.444 e. The lowest BCUT2D eigenvalue weighted by atomic mass is 9.93. The summed E-state index contributed by atoms with van der Waals surface area (Å²) in [5, 5.41) is 6.41. The summed E-state index contributed by atoms with van der Waals surface area (Å²) in [6.45, 7) is 11.5. The lowest BCUT2D eigenvalue weighted by Crippen LogP contribution is -2.42. The van der Waals surface area contributed by atoms with Gasteiger partial charge in [-0.25, -0.2) is 4.79 Å². The summed E-state index contributed by atoms with van der Waals surface area (Å²) in [7, 11) is 1.74. The first kappa shape index (κ1) is 22.2. The second kappa shape index (κ2) is 11.0. The van der Waals surface area contributed by atoms with Crippen molar-refractivity contribution < 1.29 is 19.0 Å². The zero-order chi connectivity index (χ0) is 18.9. The standard InChI is InChI=1S/C19H38N2O4/c1-14(15(2)23-6)20-12-7-13-24-17-10-8-16(9-11-17)21-18(22)25-19(3,4)5/h14-17,20H,7-13H2,1-6H3,(H,21,22). The van der Waals surface area contributed by atoms with E-state index in [1.807, 2.05) is 20.8 Å². The molecule has 0 aromatic rings. The molecule has 0 aromatic heterocycles. The van der Waals surface area contributed by atoms with Crippen LogP contribution in [0.25, 0.3) is 0 Å². The van der Waals surface area contributed by atoms with Crippen LogP contribution in [0.2, 0.25) is 0 Å². The molecule has 6 nitrogen and oxygen atoms in total. The molecule has 148 valence electrons. The lowest BCUT2D eigenvalue weighted by Gasteiger charge is -2.30. The van der Waals surface area contributed by atoms with Gasteiger partial charge in [0.05, 0.1) is 12.2 Å². The van der Waals surface area contributed by atoms with E-state index in [1.54, 1.807) is 7.11 Å². The number of carbonyl (C=O) groups is 1. The molecule has 0 heterocycles. The number of nitrogens with one attached hydrogen (secondary N) is 2. The monoisotopic (exact) mass is 358 g/mol. The molecule has 1 aliphatic rings. The van der Waals surface area contributed by atoms with E-state index < -0.39 is 5.60 Å². The first-order chi connectivity index (χ1) is 11.7. The van der Waals surface area contributed by atoms with Crippen molar-refractivity contribution in [1.29, 1.82) is 0 Å². The minimum absolute atomic E-state index is 0.202. The maximum absolute atomic E-state index is 11.8. The van der Waals surface area contributed by atoms with Gasteiger partial charge >= 0.3 is 6.09 Å².